The maximum absolute atomic E-state index is 12.9. The van der Waals surface area contributed by atoms with Crippen LogP contribution in [0.1, 0.15) is 16.2 Å². The summed E-state index contributed by atoms with van der Waals surface area (Å²) >= 11 is 3.43. The van der Waals surface area contributed by atoms with E-state index in [0.717, 1.165) is 10.2 Å². The molecule has 0 aliphatic rings. The average Bonchev–Trinajstić information content (AvgIpc) is 3.25. The Morgan fingerprint density at radius 2 is 2.03 bits per heavy atom. The zero-order valence-corrected chi connectivity index (χ0v) is 18.9. The number of carbonyl (C=O) groups is 1. The summed E-state index contributed by atoms with van der Waals surface area (Å²) in [5.74, 6) is -0.808. The summed E-state index contributed by atoms with van der Waals surface area (Å²) in [5.41, 5.74) is 3.26. The highest BCUT2D eigenvalue weighted by Crippen LogP contribution is 2.21. The molecular formula is C21H21BrN6O3. The van der Waals surface area contributed by atoms with Crippen molar-refractivity contribution in [3.63, 3.8) is 0 Å². The van der Waals surface area contributed by atoms with Crippen LogP contribution in [0.4, 0.5) is 5.69 Å². The molecule has 4 rings (SSSR count). The standard InChI is InChI=1S/C21H21BrN6O3/c1-13-19(24-25-28(13)16-6-4-5-14(22)11-16)20(29)23-15-7-8-18-17(12-15)27(21(30)31-18)10-9-26(2)3/h4-8,11-12H,9-10H2,1-3H3,(H,23,29). The van der Waals surface area contributed by atoms with Gasteiger partial charge in [0, 0.05) is 23.2 Å². The van der Waals surface area contributed by atoms with Gasteiger partial charge in [-0.25, -0.2) is 9.48 Å². The van der Waals surface area contributed by atoms with Gasteiger partial charge in [0.2, 0.25) is 0 Å². The first kappa shape index (κ1) is 21.0. The number of amides is 1. The Bertz CT molecular complexity index is 1320. The summed E-state index contributed by atoms with van der Waals surface area (Å²) in [7, 11) is 3.87. The largest absolute Gasteiger partial charge is 0.419 e. The van der Waals surface area contributed by atoms with E-state index in [2.05, 4.69) is 31.6 Å². The number of carbonyl (C=O) groups excluding carboxylic acids is 1. The van der Waals surface area contributed by atoms with Gasteiger partial charge in [-0.3, -0.25) is 9.36 Å². The molecule has 0 aliphatic carbocycles. The second-order valence-electron chi connectivity index (χ2n) is 7.37. The number of benzene rings is 2. The van der Waals surface area contributed by atoms with Crippen LogP contribution in [0, 0.1) is 6.92 Å². The van der Waals surface area contributed by atoms with Crippen molar-refractivity contribution in [2.45, 2.75) is 13.5 Å². The second kappa shape index (κ2) is 8.48. The zero-order chi connectivity index (χ0) is 22.1. The fourth-order valence-corrected chi connectivity index (χ4v) is 3.62. The van der Waals surface area contributed by atoms with E-state index >= 15 is 0 Å². The van der Waals surface area contributed by atoms with Crippen LogP contribution in [0.3, 0.4) is 0 Å². The number of nitrogens with zero attached hydrogens (tertiary/aromatic N) is 5. The van der Waals surface area contributed by atoms with E-state index < -0.39 is 5.76 Å². The van der Waals surface area contributed by atoms with E-state index in [1.165, 1.54) is 0 Å². The lowest BCUT2D eigenvalue weighted by Gasteiger charge is -2.10. The van der Waals surface area contributed by atoms with Crippen molar-refractivity contribution in [3.05, 3.63) is 68.9 Å². The number of nitrogens with one attached hydrogen (secondary N) is 1. The molecular weight excluding hydrogens is 464 g/mol. The normalized spacial score (nSPS) is 11.4. The minimum Gasteiger partial charge on any atom is -0.408 e. The number of oxazole rings is 1. The highest BCUT2D eigenvalue weighted by atomic mass is 79.9. The van der Waals surface area contributed by atoms with Crippen LogP contribution in [0.2, 0.25) is 0 Å². The molecule has 0 aliphatic heterocycles. The molecule has 31 heavy (non-hydrogen) atoms. The Morgan fingerprint density at radius 1 is 1.23 bits per heavy atom. The molecule has 0 unspecified atom stereocenters. The smallest absolute Gasteiger partial charge is 0.408 e. The molecule has 0 bridgehead atoms. The topological polar surface area (TPSA) is 98.2 Å². The summed E-state index contributed by atoms with van der Waals surface area (Å²) in [6.07, 6.45) is 0. The molecule has 0 fully saturated rings. The van der Waals surface area contributed by atoms with Crippen LogP contribution in [0.15, 0.2) is 56.1 Å². The van der Waals surface area contributed by atoms with Crippen molar-refractivity contribution < 1.29 is 9.21 Å². The summed E-state index contributed by atoms with van der Waals surface area (Å²) < 4.78 is 9.37. The summed E-state index contributed by atoms with van der Waals surface area (Å²) in [4.78, 5) is 27.0. The third-order valence-electron chi connectivity index (χ3n) is 4.86. The molecule has 9 nitrogen and oxygen atoms in total. The predicted molar refractivity (Wildman–Crippen MR) is 121 cm³/mol. The highest BCUT2D eigenvalue weighted by Gasteiger charge is 2.18. The predicted octanol–water partition coefficient (Wildman–Crippen LogP) is 3.06. The molecule has 2 aromatic carbocycles. The van der Waals surface area contributed by atoms with Gasteiger partial charge in [0.25, 0.3) is 5.91 Å². The number of aromatic nitrogens is 4. The Labute approximate surface area is 186 Å². The van der Waals surface area contributed by atoms with Crippen molar-refractivity contribution >= 4 is 38.6 Å². The molecule has 0 atom stereocenters. The number of fused-ring (bicyclic) bond motifs is 1. The quantitative estimate of drug-likeness (QED) is 0.451. The van der Waals surface area contributed by atoms with Gasteiger partial charge in [-0.1, -0.05) is 27.2 Å². The molecule has 2 heterocycles. The van der Waals surface area contributed by atoms with Crippen LogP contribution in [-0.4, -0.2) is 51.0 Å². The van der Waals surface area contributed by atoms with Crippen molar-refractivity contribution in [2.24, 2.45) is 0 Å². The molecule has 0 spiro atoms. The molecule has 2 aromatic heterocycles. The second-order valence-corrected chi connectivity index (χ2v) is 8.29. The van der Waals surface area contributed by atoms with Crippen molar-refractivity contribution in [3.8, 4) is 5.69 Å². The van der Waals surface area contributed by atoms with Crippen molar-refractivity contribution in [1.82, 2.24) is 24.5 Å². The summed E-state index contributed by atoms with van der Waals surface area (Å²) in [6, 6.07) is 12.7. The Morgan fingerprint density at radius 3 is 2.77 bits per heavy atom. The van der Waals surface area contributed by atoms with Gasteiger partial charge in [0.1, 0.15) is 0 Å². The van der Waals surface area contributed by atoms with E-state index in [1.807, 2.05) is 43.3 Å². The molecule has 0 saturated carbocycles. The maximum atomic E-state index is 12.9. The third kappa shape index (κ3) is 4.30. The molecule has 0 radical (unpaired) electrons. The van der Waals surface area contributed by atoms with Crippen LogP contribution in [-0.2, 0) is 6.54 Å². The summed E-state index contributed by atoms with van der Waals surface area (Å²) in [6.45, 7) is 2.95. The third-order valence-corrected chi connectivity index (χ3v) is 5.35. The Balaban J connectivity index is 1.60. The number of halogens is 1. The van der Waals surface area contributed by atoms with Gasteiger partial charge in [-0.05, 0) is 57.4 Å². The first-order valence-corrected chi connectivity index (χ1v) is 10.4. The number of anilines is 1. The van der Waals surface area contributed by atoms with E-state index in [0.29, 0.717) is 35.6 Å². The minimum atomic E-state index is -0.423. The molecule has 1 N–H and O–H groups in total. The Kier molecular flexibility index (Phi) is 5.75. The van der Waals surface area contributed by atoms with Crippen LogP contribution in [0.5, 0.6) is 0 Å². The van der Waals surface area contributed by atoms with Crippen LogP contribution >= 0.6 is 15.9 Å². The highest BCUT2D eigenvalue weighted by molar-refractivity contribution is 9.10. The Hall–Kier alpha value is -3.24. The van der Waals surface area contributed by atoms with E-state index in [4.69, 9.17) is 4.42 Å². The minimum absolute atomic E-state index is 0.220. The van der Waals surface area contributed by atoms with Gasteiger partial charge in [0.05, 0.1) is 16.9 Å². The zero-order valence-electron chi connectivity index (χ0n) is 17.3. The average molecular weight is 485 g/mol. The SMILES string of the molecule is Cc1c(C(=O)Nc2ccc3oc(=O)n(CCN(C)C)c3c2)nnn1-c1cccc(Br)c1. The monoisotopic (exact) mass is 484 g/mol. The molecule has 160 valence electrons. The van der Waals surface area contributed by atoms with Crippen LogP contribution < -0.4 is 11.1 Å². The van der Waals surface area contributed by atoms with Crippen LogP contribution in [0.25, 0.3) is 16.8 Å². The summed E-state index contributed by atoms with van der Waals surface area (Å²) in [5, 5.41) is 11.0. The van der Waals surface area contributed by atoms with Gasteiger partial charge >= 0.3 is 5.76 Å². The van der Waals surface area contributed by atoms with Gasteiger partial charge in [-0.15, -0.1) is 5.10 Å². The van der Waals surface area contributed by atoms with Gasteiger partial charge in [-0.2, -0.15) is 0 Å². The lowest BCUT2D eigenvalue weighted by atomic mass is 10.2. The van der Waals surface area contributed by atoms with Crippen molar-refractivity contribution in [1.29, 1.82) is 0 Å². The van der Waals surface area contributed by atoms with Gasteiger partial charge < -0.3 is 14.6 Å². The molecule has 0 saturated heterocycles. The fraction of sp³-hybridized carbons (Fsp3) is 0.238. The van der Waals surface area contributed by atoms with E-state index in [1.54, 1.807) is 34.4 Å². The van der Waals surface area contributed by atoms with Crippen molar-refractivity contribution in [2.75, 3.05) is 26.0 Å². The first-order valence-electron chi connectivity index (χ1n) is 9.61. The lowest BCUT2D eigenvalue weighted by molar-refractivity contribution is 0.102. The van der Waals surface area contributed by atoms with E-state index in [-0.39, 0.29) is 11.6 Å². The maximum Gasteiger partial charge on any atom is 0.419 e. The fourth-order valence-electron chi connectivity index (χ4n) is 3.23. The molecule has 10 heteroatoms. The number of hydrogen-bond acceptors (Lipinski definition) is 6. The first-order chi connectivity index (χ1) is 14.8. The van der Waals surface area contributed by atoms with Gasteiger partial charge in [0.15, 0.2) is 11.3 Å². The number of likely N-dealkylation sites (N-methyl/N-ethyl adjacent to an activating group) is 1. The molecule has 4 aromatic rings. The number of hydrogen-bond donors (Lipinski definition) is 1. The lowest BCUT2D eigenvalue weighted by Crippen LogP contribution is -2.23. The van der Waals surface area contributed by atoms with E-state index in [9.17, 15) is 9.59 Å². The number of rotatable bonds is 6. The molecule has 1 amide bonds.